The number of carbonyl (C=O) groups excluding carboxylic acids is 1. The van der Waals surface area contributed by atoms with Crippen LogP contribution in [-0.2, 0) is 11.3 Å². The Labute approximate surface area is 87.4 Å². The predicted molar refractivity (Wildman–Crippen MR) is 51.7 cm³/mol. The van der Waals surface area contributed by atoms with E-state index in [-0.39, 0.29) is 11.8 Å². The second-order valence-electron chi connectivity index (χ2n) is 3.81. The first-order valence-corrected chi connectivity index (χ1v) is 5.01. The van der Waals surface area contributed by atoms with Crippen molar-refractivity contribution in [1.82, 2.24) is 20.8 Å². The SMILES string of the molecule is CC1CNCC1C(=O)NCc1ncon1. The topological polar surface area (TPSA) is 80.0 Å². The molecular weight excluding hydrogens is 196 g/mol. The second kappa shape index (κ2) is 4.39. The van der Waals surface area contributed by atoms with Crippen molar-refractivity contribution < 1.29 is 9.32 Å². The van der Waals surface area contributed by atoms with Crippen molar-refractivity contribution in [3.8, 4) is 0 Å². The molecular formula is C9H14N4O2. The number of carbonyl (C=O) groups is 1. The summed E-state index contributed by atoms with van der Waals surface area (Å²) in [6.07, 6.45) is 1.25. The molecule has 0 bridgehead atoms. The molecule has 1 saturated heterocycles. The third-order valence-electron chi connectivity index (χ3n) is 2.68. The molecule has 1 aromatic heterocycles. The van der Waals surface area contributed by atoms with Gasteiger partial charge in [-0.05, 0) is 12.5 Å². The second-order valence-corrected chi connectivity index (χ2v) is 3.81. The van der Waals surface area contributed by atoms with Crippen LogP contribution in [0.4, 0.5) is 0 Å². The first-order valence-electron chi connectivity index (χ1n) is 5.01. The number of nitrogens with zero attached hydrogens (tertiary/aromatic N) is 2. The molecule has 1 aliphatic rings. The molecule has 6 nitrogen and oxygen atoms in total. The van der Waals surface area contributed by atoms with Crippen molar-refractivity contribution >= 4 is 5.91 Å². The Morgan fingerprint density at radius 3 is 3.20 bits per heavy atom. The number of aromatic nitrogens is 2. The minimum Gasteiger partial charge on any atom is -0.348 e. The highest BCUT2D eigenvalue weighted by atomic mass is 16.5. The van der Waals surface area contributed by atoms with Crippen molar-refractivity contribution in [2.45, 2.75) is 13.5 Å². The molecule has 0 radical (unpaired) electrons. The van der Waals surface area contributed by atoms with E-state index in [0.29, 0.717) is 18.3 Å². The summed E-state index contributed by atoms with van der Waals surface area (Å²) < 4.78 is 4.57. The molecule has 15 heavy (non-hydrogen) atoms. The van der Waals surface area contributed by atoms with E-state index >= 15 is 0 Å². The van der Waals surface area contributed by atoms with Crippen molar-refractivity contribution in [2.24, 2.45) is 11.8 Å². The minimum atomic E-state index is 0.0527. The Hall–Kier alpha value is -1.43. The van der Waals surface area contributed by atoms with Gasteiger partial charge in [0.25, 0.3) is 0 Å². The van der Waals surface area contributed by atoms with Gasteiger partial charge in [0.1, 0.15) is 0 Å². The van der Waals surface area contributed by atoms with Crippen LogP contribution >= 0.6 is 0 Å². The molecule has 0 aromatic carbocycles. The Kier molecular flexibility index (Phi) is 2.96. The Balaban J connectivity index is 1.82. The third kappa shape index (κ3) is 2.33. The molecule has 2 heterocycles. The molecule has 2 rings (SSSR count). The lowest BCUT2D eigenvalue weighted by atomic mass is 9.97. The van der Waals surface area contributed by atoms with Gasteiger partial charge in [-0.1, -0.05) is 12.1 Å². The molecule has 1 amide bonds. The Morgan fingerprint density at radius 2 is 2.60 bits per heavy atom. The molecule has 0 spiro atoms. The van der Waals surface area contributed by atoms with Crippen LogP contribution in [0.1, 0.15) is 12.7 Å². The molecule has 0 saturated carbocycles. The lowest BCUT2D eigenvalue weighted by Gasteiger charge is -2.12. The fraction of sp³-hybridized carbons (Fsp3) is 0.667. The van der Waals surface area contributed by atoms with Crippen LogP contribution in [0.3, 0.4) is 0 Å². The van der Waals surface area contributed by atoms with E-state index in [1.807, 2.05) is 0 Å². The molecule has 1 aromatic rings. The average molecular weight is 210 g/mol. The summed E-state index contributed by atoms with van der Waals surface area (Å²) in [5, 5.41) is 9.60. The highest BCUT2D eigenvalue weighted by Gasteiger charge is 2.29. The molecule has 82 valence electrons. The van der Waals surface area contributed by atoms with Crippen molar-refractivity contribution in [1.29, 1.82) is 0 Å². The van der Waals surface area contributed by atoms with E-state index in [4.69, 9.17) is 0 Å². The van der Waals surface area contributed by atoms with Crippen molar-refractivity contribution in [2.75, 3.05) is 13.1 Å². The van der Waals surface area contributed by atoms with Gasteiger partial charge in [0.2, 0.25) is 12.3 Å². The lowest BCUT2D eigenvalue weighted by molar-refractivity contribution is -0.125. The van der Waals surface area contributed by atoms with E-state index in [0.717, 1.165) is 13.1 Å². The van der Waals surface area contributed by atoms with Gasteiger partial charge in [0.05, 0.1) is 12.5 Å². The molecule has 0 aliphatic carbocycles. The van der Waals surface area contributed by atoms with Crippen LogP contribution < -0.4 is 10.6 Å². The quantitative estimate of drug-likeness (QED) is 0.705. The van der Waals surface area contributed by atoms with Gasteiger partial charge >= 0.3 is 0 Å². The standard InChI is InChI=1S/C9H14N4O2/c1-6-2-10-3-7(6)9(14)11-4-8-12-5-15-13-8/h5-7,10H,2-4H2,1H3,(H,11,14). The van der Waals surface area contributed by atoms with Crippen LogP contribution in [0.25, 0.3) is 0 Å². The molecule has 6 heteroatoms. The van der Waals surface area contributed by atoms with E-state index in [1.54, 1.807) is 0 Å². The van der Waals surface area contributed by atoms with Crippen LogP contribution in [0.5, 0.6) is 0 Å². The van der Waals surface area contributed by atoms with E-state index in [1.165, 1.54) is 6.39 Å². The van der Waals surface area contributed by atoms with Gasteiger partial charge in [0.15, 0.2) is 5.82 Å². The summed E-state index contributed by atoms with van der Waals surface area (Å²) in [5.41, 5.74) is 0. The van der Waals surface area contributed by atoms with Gasteiger partial charge < -0.3 is 15.2 Å². The van der Waals surface area contributed by atoms with Crippen LogP contribution in [0, 0.1) is 11.8 Å². The summed E-state index contributed by atoms with van der Waals surface area (Å²) in [6.45, 7) is 4.05. The zero-order valence-electron chi connectivity index (χ0n) is 8.56. The number of nitrogens with one attached hydrogen (secondary N) is 2. The number of hydrogen-bond acceptors (Lipinski definition) is 5. The summed E-state index contributed by atoms with van der Waals surface area (Å²) in [4.78, 5) is 15.5. The van der Waals surface area contributed by atoms with Gasteiger partial charge in [-0.2, -0.15) is 4.98 Å². The maximum Gasteiger partial charge on any atom is 0.225 e. The van der Waals surface area contributed by atoms with Gasteiger partial charge in [-0.25, -0.2) is 0 Å². The number of hydrogen-bond donors (Lipinski definition) is 2. The predicted octanol–water partition coefficient (Wildman–Crippen LogP) is -0.459. The highest BCUT2D eigenvalue weighted by Crippen LogP contribution is 2.15. The third-order valence-corrected chi connectivity index (χ3v) is 2.68. The number of rotatable bonds is 3. The molecule has 2 atom stereocenters. The normalized spacial score (nSPS) is 25.4. The van der Waals surface area contributed by atoms with E-state index < -0.39 is 0 Å². The zero-order valence-corrected chi connectivity index (χ0v) is 8.56. The van der Waals surface area contributed by atoms with Crippen molar-refractivity contribution in [3.05, 3.63) is 12.2 Å². The maximum absolute atomic E-state index is 11.7. The van der Waals surface area contributed by atoms with Crippen LogP contribution in [-0.4, -0.2) is 29.1 Å². The Bertz CT molecular complexity index is 325. The summed E-state index contributed by atoms with van der Waals surface area (Å²) in [6, 6.07) is 0. The van der Waals surface area contributed by atoms with Crippen LogP contribution in [0.2, 0.25) is 0 Å². The summed E-state index contributed by atoms with van der Waals surface area (Å²) in [7, 11) is 0. The van der Waals surface area contributed by atoms with Gasteiger partial charge in [0, 0.05) is 6.54 Å². The molecule has 2 unspecified atom stereocenters. The zero-order chi connectivity index (χ0) is 10.7. The largest absolute Gasteiger partial charge is 0.348 e. The fourth-order valence-electron chi connectivity index (χ4n) is 1.73. The van der Waals surface area contributed by atoms with Crippen LogP contribution in [0.15, 0.2) is 10.9 Å². The summed E-state index contributed by atoms with van der Waals surface area (Å²) in [5.74, 6) is 0.992. The fourth-order valence-corrected chi connectivity index (χ4v) is 1.73. The monoisotopic (exact) mass is 210 g/mol. The highest BCUT2D eigenvalue weighted by molar-refractivity contribution is 5.79. The average Bonchev–Trinajstić information content (AvgIpc) is 2.84. The number of amides is 1. The van der Waals surface area contributed by atoms with Gasteiger partial charge in [-0.3, -0.25) is 4.79 Å². The molecule has 1 aliphatic heterocycles. The molecule has 2 N–H and O–H groups in total. The summed E-state index contributed by atoms with van der Waals surface area (Å²) >= 11 is 0. The smallest absolute Gasteiger partial charge is 0.225 e. The van der Waals surface area contributed by atoms with Crippen molar-refractivity contribution in [3.63, 3.8) is 0 Å². The van der Waals surface area contributed by atoms with E-state index in [9.17, 15) is 4.79 Å². The first kappa shape index (κ1) is 10.1. The maximum atomic E-state index is 11.7. The lowest BCUT2D eigenvalue weighted by Crippen LogP contribution is -2.34. The minimum absolute atomic E-state index is 0.0527. The Morgan fingerprint density at radius 1 is 1.73 bits per heavy atom. The first-order chi connectivity index (χ1) is 7.27. The molecule has 1 fully saturated rings. The van der Waals surface area contributed by atoms with E-state index in [2.05, 4.69) is 32.2 Å². The van der Waals surface area contributed by atoms with Gasteiger partial charge in [-0.15, -0.1) is 0 Å².